The number of ether oxygens (including phenoxy) is 2. The molecule has 0 amide bonds. The standard InChI is InChI=1S/C26H31NO6S/c1-15-22(23(25(31)32-6)16(2)27(15)17-11-12-17)19(28)14-34-20-10-8-7-9-18(20)24(30)33-13-21(29)26(3,4)5/h7-10,17H,11-14H2,1-6H3. The van der Waals surface area contributed by atoms with E-state index in [1.165, 1.54) is 18.9 Å². The van der Waals surface area contributed by atoms with Crippen LogP contribution in [-0.4, -0.2) is 47.5 Å². The van der Waals surface area contributed by atoms with E-state index in [1.54, 1.807) is 45.0 Å². The van der Waals surface area contributed by atoms with Gasteiger partial charge in [-0.15, -0.1) is 11.8 Å². The molecule has 1 aromatic carbocycles. The number of esters is 2. The molecule has 0 spiro atoms. The highest BCUT2D eigenvalue weighted by Gasteiger charge is 2.34. The third kappa shape index (κ3) is 5.43. The Balaban J connectivity index is 1.79. The number of benzene rings is 1. The molecule has 0 bridgehead atoms. The van der Waals surface area contributed by atoms with Crippen molar-refractivity contribution in [1.29, 1.82) is 0 Å². The van der Waals surface area contributed by atoms with Gasteiger partial charge in [0, 0.05) is 27.7 Å². The fourth-order valence-corrected chi connectivity index (χ4v) is 4.74. The van der Waals surface area contributed by atoms with Crippen LogP contribution < -0.4 is 0 Å². The Morgan fingerprint density at radius 3 is 2.21 bits per heavy atom. The van der Waals surface area contributed by atoms with Gasteiger partial charge < -0.3 is 14.0 Å². The van der Waals surface area contributed by atoms with E-state index in [9.17, 15) is 19.2 Å². The van der Waals surface area contributed by atoms with Crippen LogP contribution in [0.3, 0.4) is 0 Å². The third-order valence-electron chi connectivity index (χ3n) is 5.91. The van der Waals surface area contributed by atoms with Gasteiger partial charge in [-0.25, -0.2) is 9.59 Å². The van der Waals surface area contributed by atoms with Gasteiger partial charge in [-0.1, -0.05) is 32.9 Å². The van der Waals surface area contributed by atoms with Crippen molar-refractivity contribution in [2.24, 2.45) is 5.41 Å². The van der Waals surface area contributed by atoms with E-state index in [-0.39, 0.29) is 23.9 Å². The Bertz CT molecular complexity index is 1140. The van der Waals surface area contributed by atoms with Crippen LogP contribution in [0.5, 0.6) is 0 Å². The second-order valence-corrected chi connectivity index (χ2v) is 10.5. The van der Waals surface area contributed by atoms with E-state index in [4.69, 9.17) is 9.47 Å². The Labute approximate surface area is 204 Å². The van der Waals surface area contributed by atoms with Crippen LogP contribution in [0.1, 0.15) is 82.1 Å². The van der Waals surface area contributed by atoms with Crippen molar-refractivity contribution in [2.75, 3.05) is 19.5 Å². The zero-order chi connectivity index (χ0) is 25.2. The smallest absolute Gasteiger partial charge is 0.340 e. The molecule has 0 unspecified atom stereocenters. The minimum absolute atomic E-state index is 0.0319. The van der Waals surface area contributed by atoms with Gasteiger partial charge in [-0.05, 0) is 38.8 Å². The molecule has 0 atom stereocenters. The molecular formula is C26H31NO6S. The van der Waals surface area contributed by atoms with Crippen LogP contribution in [0.25, 0.3) is 0 Å². The highest BCUT2D eigenvalue weighted by Crippen LogP contribution is 2.40. The van der Waals surface area contributed by atoms with E-state index in [1.807, 2.05) is 13.8 Å². The first kappa shape index (κ1) is 25.7. The van der Waals surface area contributed by atoms with Gasteiger partial charge in [0.1, 0.15) is 0 Å². The normalized spacial score (nSPS) is 13.5. The topological polar surface area (TPSA) is 91.7 Å². The van der Waals surface area contributed by atoms with Crippen LogP contribution in [0.4, 0.5) is 0 Å². The summed E-state index contributed by atoms with van der Waals surface area (Å²) in [7, 11) is 1.31. The second kappa shape index (κ2) is 10.2. The SMILES string of the molecule is COC(=O)c1c(C(=O)CSc2ccccc2C(=O)OCC(=O)C(C)(C)C)c(C)n(C2CC2)c1C. The molecule has 1 aliphatic carbocycles. The summed E-state index contributed by atoms with van der Waals surface area (Å²) in [5, 5.41) is 0. The second-order valence-electron chi connectivity index (χ2n) is 9.47. The number of rotatable bonds is 9. The number of carbonyl (C=O) groups is 4. The lowest BCUT2D eigenvalue weighted by molar-refractivity contribution is -0.129. The van der Waals surface area contributed by atoms with Crippen molar-refractivity contribution in [2.45, 2.75) is 58.4 Å². The Morgan fingerprint density at radius 1 is 1.00 bits per heavy atom. The lowest BCUT2D eigenvalue weighted by atomic mass is 9.91. The van der Waals surface area contributed by atoms with Crippen LogP contribution in [0.2, 0.25) is 0 Å². The average Bonchev–Trinajstić information content (AvgIpc) is 3.59. The molecule has 7 nitrogen and oxygen atoms in total. The first-order valence-electron chi connectivity index (χ1n) is 11.2. The molecule has 3 rings (SSSR count). The maximum atomic E-state index is 13.3. The third-order valence-corrected chi connectivity index (χ3v) is 6.99. The number of hydrogen-bond acceptors (Lipinski definition) is 7. The van der Waals surface area contributed by atoms with Gasteiger partial charge in [0.25, 0.3) is 0 Å². The van der Waals surface area contributed by atoms with E-state index >= 15 is 0 Å². The number of nitrogens with zero attached hydrogens (tertiary/aromatic N) is 1. The summed E-state index contributed by atoms with van der Waals surface area (Å²) in [5.41, 5.74) is 1.88. The summed E-state index contributed by atoms with van der Waals surface area (Å²) in [4.78, 5) is 51.1. The molecule has 1 aromatic heterocycles. The average molecular weight is 486 g/mol. The van der Waals surface area contributed by atoms with Gasteiger partial charge in [0.05, 0.1) is 29.6 Å². The number of carbonyl (C=O) groups excluding carboxylic acids is 4. The Hall–Kier alpha value is -2.87. The van der Waals surface area contributed by atoms with Crippen LogP contribution in [0.15, 0.2) is 29.2 Å². The zero-order valence-electron chi connectivity index (χ0n) is 20.5. The number of aromatic nitrogens is 1. The molecule has 1 saturated carbocycles. The lowest BCUT2D eigenvalue weighted by Gasteiger charge is -2.16. The van der Waals surface area contributed by atoms with Crippen LogP contribution in [0, 0.1) is 19.3 Å². The van der Waals surface area contributed by atoms with Gasteiger partial charge in [0.2, 0.25) is 0 Å². The van der Waals surface area contributed by atoms with Gasteiger partial charge in [-0.3, -0.25) is 9.59 Å². The predicted molar refractivity (Wildman–Crippen MR) is 130 cm³/mol. The Morgan fingerprint density at radius 2 is 1.62 bits per heavy atom. The summed E-state index contributed by atoms with van der Waals surface area (Å²) >= 11 is 1.20. The fourth-order valence-electron chi connectivity index (χ4n) is 3.83. The molecule has 0 N–H and O–H groups in total. The molecule has 1 aliphatic rings. The van der Waals surface area contributed by atoms with Gasteiger partial charge >= 0.3 is 11.9 Å². The minimum Gasteiger partial charge on any atom is -0.465 e. The monoisotopic (exact) mass is 485 g/mol. The van der Waals surface area contributed by atoms with Gasteiger partial charge in [0.15, 0.2) is 18.2 Å². The number of methoxy groups -OCH3 is 1. The highest BCUT2D eigenvalue weighted by atomic mass is 32.2. The molecule has 182 valence electrons. The van der Waals surface area contributed by atoms with E-state index in [0.717, 1.165) is 24.2 Å². The number of ketones is 2. The Kier molecular flexibility index (Phi) is 7.70. The largest absolute Gasteiger partial charge is 0.465 e. The minimum atomic E-state index is -0.615. The first-order valence-corrected chi connectivity index (χ1v) is 12.2. The summed E-state index contributed by atoms with van der Waals surface area (Å²) in [6.07, 6.45) is 2.04. The number of Topliss-reactive ketones (excluding diaryl/α,β-unsaturated/α-hetero) is 2. The van der Waals surface area contributed by atoms with Crippen molar-refractivity contribution in [1.82, 2.24) is 4.57 Å². The van der Waals surface area contributed by atoms with E-state index in [2.05, 4.69) is 4.57 Å². The molecule has 0 saturated heterocycles. The van der Waals surface area contributed by atoms with Crippen molar-refractivity contribution in [3.8, 4) is 0 Å². The molecule has 1 heterocycles. The van der Waals surface area contributed by atoms with Crippen molar-refractivity contribution in [3.05, 3.63) is 52.3 Å². The molecule has 0 radical (unpaired) electrons. The molecule has 0 aliphatic heterocycles. The van der Waals surface area contributed by atoms with Crippen molar-refractivity contribution >= 4 is 35.3 Å². The van der Waals surface area contributed by atoms with Crippen LogP contribution >= 0.6 is 11.8 Å². The molecule has 8 heteroatoms. The van der Waals surface area contributed by atoms with Crippen molar-refractivity contribution in [3.63, 3.8) is 0 Å². The molecule has 1 fully saturated rings. The lowest BCUT2D eigenvalue weighted by Crippen LogP contribution is -2.26. The summed E-state index contributed by atoms with van der Waals surface area (Å²) in [6.45, 7) is 8.68. The summed E-state index contributed by atoms with van der Waals surface area (Å²) in [5.74, 6) is -1.50. The van der Waals surface area contributed by atoms with E-state index < -0.39 is 17.4 Å². The number of thioether (sulfide) groups is 1. The maximum Gasteiger partial charge on any atom is 0.340 e. The molecule has 34 heavy (non-hydrogen) atoms. The summed E-state index contributed by atoms with van der Waals surface area (Å²) in [6, 6.07) is 7.11. The highest BCUT2D eigenvalue weighted by molar-refractivity contribution is 8.00. The van der Waals surface area contributed by atoms with Gasteiger partial charge in [-0.2, -0.15) is 0 Å². The first-order chi connectivity index (χ1) is 16.0. The zero-order valence-corrected chi connectivity index (χ0v) is 21.3. The number of hydrogen-bond donors (Lipinski definition) is 0. The van der Waals surface area contributed by atoms with Crippen LogP contribution in [-0.2, 0) is 14.3 Å². The fraction of sp³-hybridized carbons (Fsp3) is 0.462. The maximum absolute atomic E-state index is 13.3. The molecule has 2 aromatic rings. The van der Waals surface area contributed by atoms with E-state index in [0.29, 0.717) is 27.6 Å². The molecular weight excluding hydrogens is 454 g/mol. The predicted octanol–water partition coefficient (Wildman–Crippen LogP) is 4.97. The van der Waals surface area contributed by atoms with Crippen molar-refractivity contribution < 1.29 is 28.7 Å². The summed E-state index contributed by atoms with van der Waals surface area (Å²) < 4.78 is 12.3. The quantitative estimate of drug-likeness (QED) is 0.281.